The first-order valence-electron chi connectivity index (χ1n) is 11.6. The molecule has 0 saturated carbocycles. The van der Waals surface area contributed by atoms with Crippen LogP contribution in [-0.2, 0) is 12.7 Å². The normalized spacial score (nSPS) is 13.0. The van der Waals surface area contributed by atoms with Gasteiger partial charge in [0.05, 0.1) is 10.8 Å². The van der Waals surface area contributed by atoms with Gasteiger partial charge in [-0.2, -0.15) is 13.2 Å². The number of hydrogen-bond acceptors (Lipinski definition) is 2. The molecule has 0 N–H and O–H groups in total. The number of allylic oxidation sites excluding steroid dienone is 1. The third-order valence-corrected chi connectivity index (χ3v) is 6.94. The zero-order valence-electron chi connectivity index (χ0n) is 21.1. The highest BCUT2D eigenvalue weighted by molar-refractivity contribution is 6.56. The second-order valence-corrected chi connectivity index (χ2v) is 13.0. The average molecular weight is 488 g/mol. The summed E-state index contributed by atoms with van der Waals surface area (Å²) >= 11 is 0. The summed E-state index contributed by atoms with van der Waals surface area (Å²) in [5.74, 6) is 7.09. The maximum Gasteiger partial charge on any atom is 0.416 e. The molecule has 0 heterocycles. The van der Waals surface area contributed by atoms with Crippen LogP contribution < -0.4 is 9.92 Å². The smallest absolute Gasteiger partial charge is 0.416 e. The minimum Gasteiger partial charge on any atom is -0.492 e. The van der Waals surface area contributed by atoms with Gasteiger partial charge in [-0.15, -0.1) is 0 Å². The number of alkyl halides is 3. The molecule has 0 aliphatic rings. The average Bonchev–Trinajstić information content (AvgIpc) is 2.71. The summed E-state index contributed by atoms with van der Waals surface area (Å²) in [6.07, 6.45) is -0.308. The van der Waals surface area contributed by atoms with E-state index < -0.39 is 26.5 Å². The molecule has 2 rings (SSSR count). The van der Waals surface area contributed by atoms with Crippen molar-refractivity contribution in [2.45, 2.75) is 59.5 Å². The number of halogens is 3. The maximum atomic E-state index is 12.8. The lowest BCUT2D eigenvalue weighted by molar-refractivity contribution is -0.137. The first-order valence-corrected chi connectivity index (χ1v) is 13.0. The topological polar surface area (TPSA) is 12.5 Å². The highest BCUT2D eigenvalue weighted by Gasteiger charge is 2.30. The molecule has 0 spiro atoms. The van der Waals surface area contributed by atoms with Gasteiger partial charge in [-0.3, -0.25) is 4.90 Å². The van der Waals surface area contributed by atoms with E-state index in [1.165, 1.54) is 0 Å². The molecule has 0 aliphatic heterocycles. The summed E-state index contributed by atoms with van der Waals surface area (Å²) in [4.78, 5) is 2.32. The second-order valence-electron chi connectivity index (χ2n) is 10.1. The van der Waals surface area contributed by atoms with E-state index in [0.29, 0.717) is 0 Å². The van der Waals surface area contributed by atoms with Gasteiger partial charge in [-0.25, -0.2) is 0 Å². The van der Waals surface area contributed by atoms with Crippen molar-refractivity contribution in [1.29, 1.82) is 0 Å². The molecule has 184 valence electrons. The van der Waals surface area contributed by atoms with Gasteiger partial charge in [-0.05, 0) is 64.9 Å². The van der Waals surface area contributed by atoms with Gasteiger partial charge < -0.3 is 4.74 Å². The quantitative estimate of drug-likeness (QED) is 0.330. The summed E-state index contributed by atoms with van der Waals surface area (Å²) in [5.41, 5.74) is 0.534. The first kappa shape index (κ1) is 27.7. The van der Waals surface area contributed by atoms with Crippen molar-refractivity contribution in [3.8, 4) is 17.6 Å². The fourth-order valence-corrected chi connectivity index (χ4v) is 5.14. The molecule has 0 amide bonds. The number of ether oxygens (including phenoxy) is 1. The summed E-state index contributed by atoms with van der Waals surface area (Å²) < 4.78 is 44.7. The minimum absolute atomic E-state index is 0.00161. The Morgan fingerprint density at radius 3 is 2.26 bits per heavy atom. The lowest BCUT2D eigenvalue weighted by Gasteiger charge is -2.27. The third kappa shape index (κ3) is 10.2. The van der Waals surface area contributed by atoms with Crippen LogP contribution in [0.2, 0.25) is 0 Å². The zero-order chi connectivity index (χ0) is 25.4. The van der Waals surface area contributed by atoms with Crippen molar-refractivity contribution < 1.29 is 17.9 Å². The second kappa shape index (κ2) is 11.8. The predicted octanol–water partition coefficient (Wildman–Crippen LogP) is 5.74. The minimum atomic E-state index is -4.31. The molecular formula is C28H36F3NOSi. The van der Waals surface area contributed by atoms with Gasteiger partial charge in [0, 0.05) is 18.5 Å². The van der Waals surface area contributed by atoms with Gasteiger partial charge in [0.25, 0.3) is 0 Å². The van der Waals surface area contributed by atoms with Crippen LogP contribution in [-0.4, -0.2) is 32.7 Å². The maximum absolute atomic E-state index is 12.8. The van der Waals surface area contributed by atoms with Gasteiger partial charge >= 0.3 is 6.18 Å². The Morgan fingerprint density at radius 1 is 1.00 bits per heavy atom. The van der Waals surface area contributed by atoms with Gasteiger partial charge in [0.15, 0.2) is 0 Å². The van der Waals surface area contributed by atoms with Crippen LogP contribution in [0.15, 0.2) is 60.7 Å². The van der Waals surface area contributed by atoms with E-state index in [9.17, 15) is 13.2 Å². The highest BCUT2D eigenvalue weighted by atomic mass is 28.2. The Balaban J connectivity index is 1.99. The van der Waals surface area contributed by atoms with E-state index in [0.717, 1.165) is 48.3 Å². The Hall–Kier alpha value is -2.49. The predicted molar refractivity (Wildman–Crippen MR) is 138 cm³/mol. The lowest BCUT2D eigenvalue weighted by atomic mass is 9.98. The molecule has 0 aliphatic carbocycles. The molecule has 0 bridgehead atoms. The number of nitrogens with zero attached hydrogens (tertiary/aromatic N) is 1. The SMILES string of the molecule is CCN(C/C=C/C#CC(C)(C)C)Cc1cccc(OC(C)(C)[SiH2]c2ccc(C(F)(F)F)cc2)c1. The zero-order valence-corrected chi connectivity index (χ0v) is 22.5. The van der Waals surface area contributed by atoms with Crippen LogP contribution in [0.3, 0.4) is 0 Å². The van der Waals surface area contributed by atoms with E-state index >= 15 is 0 Å². The number of hydrogen-bond donors (Lipinski definition) is 0. The van der Waals surface area contributed by atoms with Crippen LogP contribution in [0.1, 0.15) is 52.7 Å². The van der Waals surface area contributed by atoms with E-state index in [1.807, 2.05) is 32.1 Å². The molecule has 6 heteroatoms. The largest absolute Gasteiger partial charge is 0.492 e. The van der Waals surface area contributed by atoms with Crippen LogP contribution >= 0.6 is 0 Å². The summed E-state index contributed by atoms with van der Waals surface area (Å²) in [6, 6.07) is 13.5. The number of benzene rings is 2. The Kier molecular flexibility index (Phi) is 9.61. The molecule has 34 heavy (non-hydrogen) atoms. The first-order chi connectivity index (χ1) is 15.8. The molecular weight excluding hydrogens is 451 g/mol. The van der Waals surface area contributed by atoms with Gasteiger partial charge in [-0.1, -0.05) is 66.4 Å². The number of rotatable bonds is 9. The Morgan fingerprint density at radius 2 is 1.68 bits per heavy atom. The van der Waals surface area contributed by atoms with Crippen molar-refractivity contribution >= 4 is 14.7 Å². The van der Waals surface area contributed by atoms with Crippen molar-refractivity contribution in [2.24, 2.45) is 5.41 Å². The third-order valence-electron chi connectivity index (χ3n) is 5.07. The molecule has 0 fully saturated rings. The van der Waals surface area contributed by atoms with Crippen LogP contribution in [0.25, 0.3) is 0 Å². The van der Waals surface area contributed by atoms with Crippen molar-refractivity contribution in [3.05, 3.63) is 71.8 Å². The Bertz CT molecular complexity index is 1010. The summed E-state index contributed by atoms with van der Waals surface area (Å²) in [5, 5.41) is 0.504. The van der Waals surface area contributed by atoms with Crippen LogP contribution in [0.4, 0.5) is 13.2 Å². The highest BCUT2D eigenvalue weighted by Crippen LogP contribution is 2.28. The number of likely N-dealkylation sites (N-methyl/N-ethyl adjacent to an activating group) is 1. The van der Waals surface area contributed by atoms with E-state index in [4.69, 9.17) is 4.74 Å². The molecule has 0 saturated heterocycles. The van der Waals surface area contributed by atoms with Crippen molar-refractivity contribution in [1.82, 2.24) is 4.90 Å². The summed E-state index contributed by atoms with van der Waals surface area (Å²) in [6.45, 7) is 14.9. The molecule has 0 aromatic heterocycles. The summed E-state index contributed by atoms with van der Waals surface area (Å²) in [7, 11) is -0.974. The fourth-order valence-electron chi connectivity index (χ4n) is 3.45. The van der Waals surface area contributed by atoms with Crippen LogP contribution in [0, 0.1) is 17.3 Å². The molecule has 0 atom stereocenters. The molecule has 0 unspecified atom stereocenters. The monoisotopic (exact) mass is 487 g/mol. The van der Waals surface area contributed by atoms with Gasteiger partial charge in [0.2, 0.25) is 0 Å². The molecule has 2 nitrogen and oxygen atoms in total. The van der Waals surface area contributed by atoms with Crippen molar-refractivity contribution in [3.63, 3.8) is 0 Å². The Labute approximate surface area is 205 Å². The molecule has 0 radical (unpaired) electrons. The standard InChI is InChI=1S/C28H36F3NOSi/c1-7-32(19-10-8-9-18-26(2,3)4)21-22-12-11-13-24(20-22)33-27(5,6)34-25-16-14-23(15-17-25)28(29,30)31/h8,10-17,20H,7,19,21,34H2,1-6H3/b10-8+. The van der Waals surface area contributed by atoms with Crippen molar-refractivity contribution in [2.75, 3.05) is 13.1 Å². The van der Waals surface area contributed by atoms with E-state index in [-0.39, 0.29) is 5.41 Å². The molecule has 2 aromatic carbocycles. The lowest BCUT2D eigenvalue weighted by Crippen LogP contribution is -2.42. The fraction of sp³-hybridized carbons (Fsp3) is 0.429. The van der Waals surface area contributed by atoms with E-state index in [1.54, 1.807) is 12.1 Å². The molecule has 2 aromatic rings. The van der Waals surface area contributed by atoms with Crippen LogP contribution in [0.5, 0.6) is 5.75 Å². The van der Waals surface area contributed by atoms with Gasteiger partial charge in [0.1, 0.15) is 15.3 Å². The van der Waals surface area contributed by atoms with E-state index in [2.05, 4.69) is 62.6 Å².